The number of hydrogen-bond donors (Lipinski definition) is 0. The van der Waals surface area contributed by atoms with Crippen molar-refractivity contribution in [1.29, 1.82) is 0 Å². The van der Waals surface area contributed by atoms with Crippen LogP contribution in [0.4, 0.5) is 0 Å². The molecule has 0 fully saturated rings. The highest BCUT2D eigenvalue weighted by Gasteiger charge is 2.41. The Balaban J connectivity index is 1.09. The molecular formula is C50H33N3OSi. The van der Waals surface area contributed by atoms with Crippen LogP contribution >= 0.6 is 0 Å². The minimum atomic E-state index is -2.69. The summed E-state index contributed by atoms with van der Waals surface area (Å²) in [6.07, 6.45) is 3.94. The number of rotatable bonds is 6. The molecule has 0 aliphatic rings. The third-order valence-electron chi connectivity index (χ3n) is 11.2. The van der Waals surface area contributed by atoms with Crippen LogP contribution in [0, 0.1) is 0 Å². The van der Waals surface area contributed by atoms with Gasteiger partial charge in [-0.3, -0.25) is 4.57 Å². The number of para-hydroxylation sites is 1. The Hall–Kier alpha value is -7.08. The number of aromatic nitrogens is 3. The number of hydrogen-bond acceptors (Lipinski definition) is 3. The Bertz CT molecular complexity index is 3090. The molecule has 0 aliphatic heterocycles. The highest BCUT2D eigenvalue weighted by molar-refractivity contribution is 7.19. The van der Waals surface area contributed by atoms with Gasteiger partial charge in [-0.1, -0.05) is 164 Å². The van der Waals surface area contributed by atoms with E-state index in [1.54, 1.807) is 0 Å². The van der Waals surface area contributed by atoms with Crippen molar-refractivity contribution in [2.24, 2.45) is 0 Å². The Morgan fingerprint density at radius 2 is 1.00 bits per heavy atom. The van der Waals surface area contributed by atoms with Crippen LogP contribution in [0.1, 0.15) is 0 Å². The smallest absolute Gasteiger partial charge is 0.234 e. The molecule has 55 heavy (non-hydrogen) atoms. The Morgan fingerprint density at radius 1 is 0.400 bits per heavy atom. The predicted molar refractivity (Wildman–Crippen MR) is 230 cm³/mol. The second kappa shape index (κ2) is 12.5. The van der Waals surface area contributed by atoms with Crippen molar-refractivity contribution in [1.82, 2.24) is 14.5 Å². The summed E-state index contributed by atoms with van der Waals surface area (Å²) >= 11 is 0. The Morgan fingerprint density at radius 3 is 1.69 bits per heavy atom. The monoisotopic (exact) mass is 719 g/mol. The SMILES string of the molecule is c1ccc([Si](c2ccccc2)(c2ccccc2)c2cccc(-c3cnc(-n4c5cc6oc7ccccc7c6cc5c5c6ccccc6ccc54)nc3)c2)cc1. The largest absolute Gasteiger partial charge is 0.456 e. The average Bonchev–Trinajstić information content (AvgIpc) is 3.79. The van der Waals surface area contributed by atoms with Gasteiger partial charge in [-0.2, -0.15) is 0 Å². The lowest BCUT2D eigenvalue weighted by atomic mass is 10.0. The van der Waals surface area contributed by atoms with E-state index in [2.05, 4.69) is 180 Å². The van der Waals surface area contributed by atoms with Crippen molar-refractivity contribution in [2.45, 2.75) is 0 Å². The van der Waals surface area contributed by atoms with Crippen LogP contribution in [-0.2, 0) is 0 Å². The van der Waals surface area contributed by atoms with Crippen LogP contribution < -0.4 is 20.7 Å². The first-order chi connectivity index (χ1) is 27.3. The van der Waals surface area contributed by atoms with Crippen LogP contribution in [0.5, 0.6) is 0 Å². The molecule has 0 radical (unpaired) electrons. The quantitative estimate of drug-likeness (QED) is 0.127. The molecule has 0 atom stereocenters. The summed E-state index contributed by atoms with van der Waals surface area (Å²) in [4.78, 5) is 10.2. The lowest BCUT2D eigenvalue weighted by Gasteiger charge is -2.34. The zero-order valence-electron chi connectivity index (χ0n) is 29.8. The third kappa shape index (κ3) is 4.84. The van der Waals surface area contributed by atoms with Crippen molar-refractivity contribution in [3.8, 4) is 17.1 Å². The Labute approximate surface area is 318 Å². The van der Waals surface area contributed by atoms with Gasteiger partial charge in [0.05, 0.1) is 11.0 Å². The van der Waals surface area contributed by atoms with E-state index in [-0.39, 0.29) is 0 Å². The molecule has 5 heteroatoms. The van der Waals surface area contributed by atoms with Gasteiger partial charge >= 0.3 is 0 Å². The fourth-order valence-electron chi connectivity index (χ4n) is 8.80. The van der Waals surface area contributed by atoms with Crippen molar-refractivity contribution in [3.05, 3.63) is 200 Å². The number of benzene rings is 8. The zero-order chi connectivity index (χ0) is 36.3. The zero-order valence-corrected chi connectivity index (χ0v) is 30.8. The summed E-state index contributed by atoms with van der Waals surface area (Å²) < 4.78 is 8.58. The molecular weight excluding hydrogens is 687 g/mol. The summed E-state index contributed by atoms with van der Waals surface area (Å²) in [5, 5.41) is 12.3. The molecule has 3 aromatic heterocycles. The highest BCUT2D eigenvalue weighted by atomic mass is 28.3. The van der Waals surface area contributed by atoms with E-state index < -0.39 is 8.07 Å². The van der Waals surface area contributed by atoms with E-state index in [0.29, 0.717) is 5.95 Å². The molecule has 0 bridgehead atoms. The summed E-state index contributed by atoms with van der Waals surface area (Å²) in [5.41, 5.74) is 5.85. The van der Waals surface area contributed by atoms with Gasteiger partial charge in [0.15, 0.2) is 8.07 Å². The second-order valence-electron chi connectivity index (χ2n) is 14.2. The van der Waals surface area contributed by atoms with E-state index in [0.717, 1.165) is 49.5 Å². The van der Waals surface area contributed by atoms with Gasteiger partial charge in [0.1, 0.15) is 11.2 Å². The molecule has 0 spiro atoms. The molecule has 11 aromatic rings. The predicted octanol–water partition coefficient (Wildman–Crippen LogP) is 9.67. The number of fused-ring (bicyclic) bond motifs is 8. The van der Waals surface area contributed by atoms with E-state index in [9.17, 15) is 0 Å². The molecule has 0 N–H and O–H groups in total. The molecule has 0 amide bonds. The van der Waals surface area contributed by atoms with E-state index >= 15 is 0 Å². The molecule has 3 heterocycles. The second-order valence-corrected chi connectivity index (χ2v) is 18.0. The van der Waals surface area contributed by atoms with E-state index in [1.165, 1.54) is 36.9 Å². The molecule has 11 rings (SSSR count). The lowest BCUT2D eigenvalue weighted by Crippen LogP contribution is -2.74. The summed E-state index contributed by atoms with van der Waals surface area (Å²) in [6.45, 7) is 0. The molecule has 258 valence electrons. The summed E-state index contributed by atoms with van der Waals surface area (Å²) in [5.74, 6) is 0.618. The van der Waals surface area contributed by atoms with Gasteiger partial charge in [0, 0.05) is 45.6 Å². The third-order valence-corrected chi connectivity index (χ3v) is 16.0. The van der Waals surface area contributed by atoms with E-state index in [1.807, 2.05) is 24.5 Å². The standard InChI is InChI=1S/C50H33N3OSi/c1-4-17-37(18-5-1)55(38-19-6-2-7-20-38,39-21-8-3-9-22-39)40-23-14-16-35(29-40)36-32-51-50(52-33-36)53-45-28-27-34-15-10-11-24-41(34)49(45)44-30-43-42-25-12-13-26-47(42)54-48(43)31-46(44)53/h1-33H. The molecule has 0 aliphatic carbocycles. The first-order valence-corrected chi connectivity index (χ1v) is 20.6. The van der Waals surface area contributed by atoms with Crippen molar-refractivity contribution in [2.75, 3.05) is 0 Å². The van der Waals surface area contributed by atoms with Crippen molar-refractivity contribution < 1.29 is 4.42 Å². The van der Waals surface area contributed by atoms with Gasteiger partial charge in [-0.15, -0.1) is 0 Å². The minimum Gasteiger partial charge on any atom is -0.456 e. The van der Waals surface area contributed by atoms with Crippen LogP contribution in [0.25, 0.3) is 71.6 Å². The topological polar surface area (TPSA) is 43.9 Å². The highest BCUT2D eigenvalue weighted by Crippen LogP contribution is 2.40. The normalized spacial score (nSPS) is 12.0. The van der Waals surface area contributed by atoms with Crippen LogP contribution in [0.3, 0.4) is 0 Å². The number of furan rings is 1. The maximum Gasteiger partial charge on any atom is 0.234 e. The fourth-order valence-corrected chi connectivity index (χ4v) is 13.6. The molecule has 0 unspecified atom stereocenters. The first-order valence-electron chi connectivity index (χ1n) is 18.6. The molecule has 8 aromatic carbocycles. The van der Waals surface area contributed by atoms with Crippen LogP contribution in [0.15, 0.2) is 205 Å². The van der Waals surface area contributed by atoms with Crippen molar-refractivity contribution in [3.63, 3.8) is 0 Å². The Kier molecular flexibility index (Phi) is 7.15. The van der Waals surface area contributed by atoms with Crippen LogP contribution in [-0.4, -0.2) is 22.6 Å². The lowest BCUT2D eigenvalue weighted by molar-refractivity contribution is 0.669. The maximum absolute atomic E-state index is 6.40. The fraction of sp³-hybridized carbons (Fsp3) is 0. The van der Waals surface area contributed by atoms with Gasteiger partial charge < -0.3 is 4.42 Å². The van der Waals surface area contributed by atoms with Gasteiger partial charge in [-0.25, -0.2) is 9.97 Å². The van der Waals surface area contributed by atoms with Gasteiger partial charge in [0.2, 0.25) is 5.95 Å². The summed E-state index contributed by atoms with van der Waals surface area (Å²) in [6, 6.07) is 67.8. The minimum absolute atomic E-state index is 0.618. The first kappa shape index (κ1) is 31.4. The average molecular weight is 720 g/mol. The number of nitrogens with zero attached hydrogens (tertiary/aromatic N) is 3. The van der Waals surface area contributed by atoms with E-state index in [4.69, 9.17) is 14.4 Å². The van der Waals surface area contributed by atoms with Crippen molar-refractivity contribution >= 4 is 83.3 Å². The molecule has 0 saturated heterocycles. The van der Waals surface area contributed by atoms with Gasteiger partial charge in [0.25, 0.3) is 0 Å². The van der Waals surface area contributed by atoms with Crippen LogP contribution in [0.2, 0.25) is 0 Å². The molecule has 0 saturated carbocycles. The molecule has 4 nitrogen and oxygen atoms in total. The van der Waals surface area contributed by atoms with Gasteiger partial charge in [-0.05, 0) is 55.3 Å². The maximum atomic E-state index is 6.40. The summed E-state index contributed by atoms with van der Waals surface area (Å²) in [7, 11) is -2.69.